The van der Waals surface area contributed by atoms with Gasteiger partial charge in [-0.05, 0) is 56.7 Å². The number of carbonyl (C=O) groups is 2. The van der Waals surface area contributed by atoms with E-state index in [-0.39, 0.29) is 0 Å². The minimum Gasteiger partial charge on any atom is -0.496 e. The molecule has 2 aromatic rings. The molecule has 0 bridgehead atoms. The van der Waals surface area contributed by atoms with Crippen LogP contribution in [-0.2, 0) is 20.9 Å². The number of methoxy groups -OCH3 is 1. The summed E-state index contributed by atoms with van der Waals surface area (Å²) in [4.78, 5) is 24.8. The molecule has 2 rings (SSSR count). The van der Waals surface area contributed by atoms with E-state index in [1.165, 1.54) is 6.92 Å². The lowest BCUT2D eigenvalue weighted by Crippen LogP contribution is -2.30. The average molecular weight is 406 g/mol. The van der Waals surface area contributed by atoms with Crippen LogP contribution in [0.3, 0.4) is 0 Å². The van der Waals surface area contributed by atoms with Crippen molar-refractivity contribution in [2.45, 2.75) is 33.5 Å². The Morgan fingerprint density at radius 2 is 1.96 bits per heavy atom. The summed E-state index contributed by atoms with van der Waals surface area (Å²) < 4.78 is 16.0. The molecule has 0 saturated carbocycles. The van der Waals surface area contributed by atoms with E-state index in [0.29, 0.717) is 35.2 Å². The Kier molecular flexibility index (Phi) is 7.84. The van der Waals surface area contributed by atoms with Gasteiger partial charge in [0.1, 0.15) is 5.75 Å². The van der Waals surface area contributed by atoms with Gasteiger partial charge >= 0.3 is 5.97 Å². The summed E-state index contributed by atoms with van der Waals surface area (Å²) in [6, 6.07) is 10.1. The van der Waals surface area contributed by atoms with Crippen molar-refractivity contribution < 1.29 is 23.8 Å². The number of rotatable bonds is 8. The number of nitrogens with one attached hydrogen (secondary N) is 1. The quantitative estimate of drug-likeness (QED) is 0.660. The van der Waals surface area contributed by atoms with Crippen LogP contribution in [-0.4, -0.2) is 31.7 Å². The second kappa shape index (κ2) is 10.1. The molecule has 28 heavy (non-hydrogen) atoms. The topological polar surface area (TPSA) is 73.9 Å². The second-order valence-corrected chi connectivity index (χ2v) is 6.52. The van der Waals surface area contributed by atoms with Crippen molar-refractivity contribution in [3.8, 4) is 5.75 Å². The highest BCUT2D eigenvalue weighted by atomic mass is 35.5. The number of anilines is 1. The van der Waals surface area contributed by atoms with Crippen LogP contribution in [0.25, 0.3) is 0 Å². The summed E-state index contributed by atoms with van der Waals surface area (Å²) >= 11 is 6.06. The largest absolute Gasteiger partial charge is 0.496 e. The predicted molar refractivity (Wildman–Crippen MR) is 108 cm³/mol. The zero-order valence-electron chi connectivity index (χ0n) is 16.4. The number of amides is 1. The number of ether oxygens (including phenoxy) is 3. The van der Waals surface area contributed by atoms with Gasteiger partial charge in [0.25, 0.3) is 5.91 Å². The van der Waals surface area contributed by atoms with E-state index < -0.39 is 18.0 Å². The first-order valence-corrected chi connectivity index (χ1v) is 9.26. The van der Waals surface area contributed by atoms with Gasteiger partial charge in [0, 0.05) is 22.9 Å². The highest BCUT2D eigenvalue weighted by Crippen LogP contribution is 2.24. The van der Waals surface area contributed by atoms with Crippen LogP contribution >= 0.6 is 11.6 Å². The fourth-order valence-electron chi connectivity index (χ4n) is 2.49. The smallest absolute Gasteiger partial charge is 0.338 e. The Hall–Kier alpha value is -2.57. The van der Waals surface area contributed by atoms with Gasteiger partial charge in [0.15, 0.2) is 6.10 Å². The molecule has 7 heteroatoms. The predicted octanol–water partition coefficient (Wildman–Crippen LogP) is 4.38. The molecule has 1 N–H and O–H groups in total. The number of hydrogen-bond donors (Lipinski definition) is 1. The third kappa shape index (κ3) is 5.47. The lowest BCUT2D eigenvalue weighted by atomic mass is 10.1. The third-order valence-corrected chi connectivity index (χ3v) is 4.57. The minimum atomic E-state index is -0.983. The fourth-order valence-corrected chi connectivity index (χ4v) is 2.66. The summed E-state index contributed by atoms with van der Waals surface area (Å²) in [5.74, 6) is -0.431. The Bertz CT molecular complexity index is 853. The molecule has 1 amide bonds. The molecule has 0 saturated heterocycles. The van der Waals surface area contributed by atoms with E-state index in [2.05, 4.69) is 5.32 Å². The number of carbonyl (C=O) groups excluding carboxylic acids is 2. The van der Waals surface area contributed by atoms with Crippen molar-refractivity contribution in [1.82, 2.24) is 0 Å². The summed E-state index contributed by atoms with van der Waals surface area (Å²) in [5.41, 5.74) is 2.36. The van der Waals surface area contributed by atoms with Crippen LogP contribution in [0.4, 0.5) is 5.69 Å². The Morgan fingerprint density at radius 3 is 2.64 bits per heavy atom. The monoisotopic (exact) mass is 405 g/mol. The molecule has 150 valence electrons. The van der Waals surface area contributed by atoms with Gasteiger partial charge < -0.3 is 19.5 Å². The van der Waals surface area contributed by atoms with Crippen molar-refractivity contribution >= 4 is 29.2 Å². The Balaban J connectivity index is 2.06. The molecule has 0 aliphatic rings. The van der Waals surface area contributed by atoms with E-state index in [1.807, 2.05) is 6.92 Å². The molecule has 0 aromatic heterocycles. The molecule has 6 nitrogen and oxygen atoms in total. The molecule has 0 heterocycles. The molecule has 0 radical (unpaired) electrons. The maximum atomic E-state index is 12.5. The molecule has 0 aliphatic heterocycles. The van der Waals surface area contributed by atoms with E-state index in [0.717, 1.165) is 11.1 Å². The molecule has 1 atom stereocenters. The lowest BCUT2D eigenvalue weighted by Gasteiger charge is -2.16. The number of esters is 1. The van der Waals surface area contributed by atoms with Crippen LogP contribution in [0.2, 0.25) is 5.02 Å². The molecule has 2 aromatic carbocycles. The van der Waals surface area contributed by atoms with Gasteiger partial charge in [-0.1, -0.05) is 17.7 Å². The van der Waals surface area contributed by atoms with Crippen molar-refractivity contribution in [3.05, 3.63) is 58.1 Å². The highest BCUT2D eigenvalue weighted by molar-refractivity contribution is 6.31. The highest BCUT2D eigenvalue weighted by Gasteiger charge is 2.20. The molecule has 0 aliphatic carbocycles. The summed E-state index contributed by atoms with van der Waals surface area (Å²) in [6.07, 6.45) is -0.983. The third-order valence-electron chi connectivity index (χ3n) is 4.16. The maximum absolute atomic E-state index is 12.5. The van der Waals surface area contributed by atoms with Crippen molar-refractivity contribution in [1.29, 1.82) is 0 Å². The minimum absolute atomic E-state index is 0.310. The Labute approximate surface area is 169 Å². The molecular formula is C21H24ClNO5. The number of benzene rings is 2. The van der Waals surface area contributed by atoms with Crippen LogP contribution < -0.4 is 10.1 Å². The van der Waals surface area contributed by atoms with Gasteiger partial charge in [0.05, 0.1) is 19.3 Å². The first-order chi connectivity index (χ1) is 13.4. The van der Waals surface area contributed by atoms with Crippen molar-refractivity contribution in [3.63, 3.8) is 0 Å². The SMILES string of the molecule is CCOCc1cc(C(=O)O[C@H](C)C(=O)Nc2cccc(Cl)c2C)ccc1OC. The van der Waals surface area contributed by atoms with Gasteiger partial charge in [0.2, 0.25) is 0 Å². The van der Waals surface area contributed by atoms with Crippen LogP contribution in [0.1, 0.15) is 35.3 Å². The maximum Gasteiger partial charge on any atom is 0.338 e. The summed E-state index contributed by atoms with van der Waals surface area (Å²) in [6.45, 7) is 6.04. The van der Waals surface area contributed by atoms with E-state index in [1.54, 1.807) is 50.4 Å². The molecule has 0 fully saturated rings. The lowest BCUT2D eigenvalue weighted by molar-refractivity contribution is -0.123. The van der Waals surface area contributed by atoms with Gasteiger partial charge in [-0.2, -0.15) is 0 Å². The second-order valence-electron chi connectivity index (χ2n) is 6.11. The number of hydrogen-bond acceptors (Lipinski definition) is 5. The summed E-state index contributed by atoms with van der Waals surface area (Å²) in [7, 11) is 1.55. The Morgan fingerprint density at radius 1 is 1.21 bits per heavy atom. The zero-order valence-corrected chi connectivity index (χ0v) is 17.1. The van der Waals surface area contributed by atoms with Crippen molar-refractivity contribution in [2.24, 2.45) is 0 Å². The van der Waals surface area contributed by atoms with Crippen molar-refractivity contribution in [2.75, 3.05) is 19.0 Å². The molecule has 0 spiro atoms. The first kappa shape index (κ1) is 21.7. The van der Waals surface area contributed by atoms with Gasteiger partial charge in [-0.25, -0.2) is 4.79 Å². The van der Waals surface area contributed by atoms with Gasteiger partial charge in [-0.3, -0.25) is 4.79 Å². The average Bonchev–Trinajstić information content (AvgIpc) is 2.69. The fraction of sp³-hybridized carbons (Fsp3) is 0.333. The first-order valence-electron chi connectivity index (χ1n) is 8.89. The normalized spacial score (nSPS) is 11.6. The zero-order chi connectivity index (χ0) is 20.7. The van der Waals surface area contributed by atoms with E-state index in [4.69, 9.17) is 25.8 Å². The van der Waals surface area contributed by atoms with Crippen LogP contribution in [0.5, 0.6) is 5.75 Å². The standard InChI is InChI=1S/C21H24ClNO5/c1-5-27-12-16-11-15(9-10-19(16)26-4)21(25)28-14(3)20(24)23-18-8-6-7-17(22)13(18)2/h6-11,14H,5,12H2,1-4H3,(H,23,24)/t14-/m1/s1. The van der Waals surface area contributed by atoms with Crippen LogP contribution in [0, 0.1) is 6.92 Å². The van der Waals surface area contributed by atoms with Gasteiger partial charge in [-0.15, -0.1) is 0 Å². The van der Waals surface area contributed by atoms with E-state index >= 15 is 0 Å². The van der Waals surface area contributed by atoms with E-state index in [9.17, 15) is 9.59 Å². The molecule has 0 unspecified atom stereocenters. The molecular weight excluding hydrogens is 382 g/mol. The van der Waals surface area contributed by atoms with Crippen LogP contribution in [0.15, 0.2) is 36.4 Å². The number of halogens is 1. The summed E-state index contributed by atoms with van der Waals surface area (Å²) in [5, 5.41) is 3.27.